The molecule has 2 N–H and O–H groups in total. The van der Waals surface area contributed by atoms with E-state index in [2.05, 4.69) is 10.3 Å². The maximum Gasteiger partial charge on any atom is 0.336 e. The molecule has 0 saturated carbocycles. The van der Waals surface area contributed by atoms with Gasteiger partial charge in [0.05, 0.1) is 21.6 Å². The van der Waals surface area contributed by atoms with Crippen molar-refractivity contribution in [2.45, 2.75) is 25.2 Å². The zero-order chi connectivity index (χ0) is 22.2. The molecule has 6 nitrogen and oxygen atoms in total. The molecule has 0 atom stereocenters. The minimum absolute atomic E-state index is 0.00324. The predicted octanol–water partition coefficient (Wildman–Crippen LogP) is 5.01. The number of thiophene rings is 1. The number of benzene rings is 1. The number of halogens is 3. The van der Waals surface area contributed by atoms with E-state index < -0.39 is 23.6 Å². The number of aromatic carboxylic acids is 1. The number of alkyl halides is 2. The summed E-state index contributed by atoms with van der Waals surface area (Å²) in [6, 6.07) is 6.84. The van der Waals surface area contributed by atoms with Crippen LogP contribution in [0.15, 0.2) is 35.7 Å². The molecule has 2 aromatic heterocycles. The van der Waals surface area contributed by atoms with Crippen LogP contribution in [0.1, 0.15) is 40.0 Å². The van der Waals surface area contributed by atoms with Gasteiger partial charge in [-0.15, -0.1) is 11.3 Å². The molecule has 10 heteroatoms. The number of rotatable bonds is 4. The Kier molecular flexibility index (Phi) is 5.57. The van der Waals surface area contributed by atoms with Gasteiger partial charge in [0.25, 0.3) is 5.91 Å². The lowest BCUT2D eigenvalue weighted by molar-refractivity contribution is -0.0102. The number of anilines is 2. The van der Waals surface area contributed by atoms with Gasteiger partial charge < -0.3 is 15.3 Å². The second-order valence-corrected chi connectivity index (χ2v) is 8.26. The number of nitrogens with zero attached hydrogens (tertiary/aromatic N) is 2. The first kappa shape index (κ1) is 21.1. The van der Waals surface area contributed by atoms with E-state index in [9.17, 15) is 22.8 Å². The van der Waals surface area contributed by atoms with E-state index in [4.69, 9.17) is 5.11 Å². The Balaban J connectivity index is 1.72. The van der Waals surface area contributed by atoms with Crippen LogP contribution in [0.5, 0.6) is 0 Å². The van der Waals surface area contributed by atoms with Crippen molar-refractivity contribution in [3.05, 3.63) is 52.7 Å². The van der Waals surface area contributed by atoms with Crippen LogP contribution in [0.3, 0.4) is 0 Å². The average Bonchev–Trinajstić information content (AvgIpc) is 3.10. The third-order valence-corrected chi connectivity index (χ3v) is 5.95. The largest absolute Gasteiger partial charge is 0.478 e. The van der Waals surface area contributed by atoms with Gasteiger partial charge >= 0.3 is 5.97 Å². The van der Waals surface area contributed by atoms with Crippen molar-refractivity contribution in [1.29, 1.82) is 0 Å². The highest BCUT2D eigenvalue weighted by Gasteiger charge is 2.33. The molecule has 4 rings (SSSR count). The van der Waals surface area contributed by atoms with Gasteiger partial charge in [-0.25, -0.2) is 22.9 Å². The van der Waals surface area contributed by atoms with Crippen molar-refractivity contribution in [2.24, 2.45) is 0 Å². The predicted molar refractivity (Wildman–Crippen MR) is 112 cm³/mol. The van der Waals surface area contributed by atoms with Crippen LogP contribution >= 0.6 is 11.3 Å². The summed E-state index contributed by atoms with van der Waals surface area (Å²) in [5.41, 5.74) is 0.504. The molecular formula is C21H18F3N3O3S. The number of fused-ring (bicyclic) bond motifs is 1. The van der Waals surface area contributed by atoms with Crippen molar-refractivity contribution in [2.75, 3.05) is 23.3 Å². The molecule has 0 radical (unpaired) electrons. The number of hydrogen-bond acceptors (Lipinski definition) is 5. The topological polar surface area (TPSA) is 82.5 Å². The van der Waals surface area contributed by atoms with Crippen molar-refractivity contribution in [3.63, 3.8) is 0 Å². The van der Waals surface area contributed by atoms with E-state index >= 15 is 0 Å². The van der Waals surface area contributed by atoms with Gasteiger partial charge in [-0.05, 0) is 30.7 Å². The number of amides is 1. The van der Waals surface area contributed by atoms with Gasteiger partial charge in [0.15, 0.2) is 0 Å². The van der Waals surface area contributed by atoms with Crippen LogP contribution < -0.4 is 10.2 Å². The molecule has 1 amide bonds. The third kappa shape index (κ3) is 4.63. The maximum absolute atomic E-state index is 13.9. The molecule has 1 aliphatic heterocycles. The van der Waals surface area contributed by atoms with Crippen LogP contribution in [0.25, 0.3) is 10.9 Å². The van der Waals surface area contributed by atoms with Gasteiger partial charge in [0.2, 0.25) is 5.92 Å². The monoisotopic (exact) mass is 449 g/mol. The van der Waals surface area contributed by atoms with Gasteiger partial charge in [0, 0.05) is 42.8 Å². The highest BCUT2D eigenvalue weighted by molar-refractivity contribution is 7.14. The van der Waals surface area contributed by atoms with E-state index in [0.717, 1.165) is 11.3 Å². The zero-order valence-electron chi connectivity index (χ0n) is 16.2. The Morgan fingerprint density at radius 1 is 1.16 bits per heavy atom. The second kappa shape index (κ2) is 8.18. The van der Waals surface area contributed by atoms with Gasteiger partial charge in [-0.2, -0.15) is 0 Å². The summed E-state index contributed by atoms with van der Waals surface area (Å²) in [6.07, 6.45) is -0.395. The average molecular weight is 449 g/mol. The fourth-order valence-corrected chi connectivity index (χ4v) is 4.28. The smallest absolute Gasteiger partial charge is 0.336 e. The van der Waals surface area contributed by atoms with Crippen LogP contribution in [0.2, 0.25) is 0 Å². The number of hydrogen-bond donors (Lipinski definition) is 2. The minimum atomic E-state index is -2.79. The van der Waals surface area contributed by atoms with Crippen LogP contribution in [0, 0.1) is 5.82 Å². The Bertz CT molecular complexity index is 1170. The Labute approximate surface area is 179 Å². The highest BCUT2D eigenvalue weighted by atomic mass is 32.1. The molecule has 1 aliphatic rings. The summed E-state index contributed by atoms with van der Waals surface area (Å²) in [4.78, 5) is 30.2. The molecular weight excluding hydrogens is 431 g/mol. The summed E-state index contributed by atoms with van der Waals surface area (Å²) in [5, 5.41) is 14.0. The number of carboxylic acids is 1. The molecule has 1 fully saturated rings. The lowest BCUT2D eigenvalue weighted by atomic mass is 10.1. The first-order valence-electron chi connectivity index (χ1n) is 9.58. The first-order chi connectivity index (χ1) is 14.7. The lowest BCUT2D eigenvalue weighted by Crippen LogP contribution is -2.29. The van der Waals surface area contributed by atoms with Gasteiger partial charge in [0.1, 0.15) is 11.6 Å². The number of carboxylic acid groups (broad SMARTS) is 1. The molecule has 0 aliphatic carbocycles. The van der Waals surface area contributed by atoms with E-state index in [-0.39, 0.29) is 49.3 Å². The molecule has 162 valence electrons. The molecule has 1 aromatic carbocycles. The third-order valence-electron chi connectivity index (χ3n) is 5.10. The summed E-state index contributed by atoms with van der Waals surface area (Å²) < 4.78 is 41.4. The normalized spacial score (nSPS) is 16.2. The second-order valence-electron chi connectivity index (χ2n) is 7.35. The maximum atomic E-state index is 13.9. The standard InChI is InChI=1S/C21H18F3N3O3S/c22-14-3-2-12-8-15(19(28)26-17-9-13(11-31-17)20(29)30)18(25-16(12)10-14)27-6-1-4-21(23,24)5-7-27/h2-3,8-11H,1,4-7H2,(H,26,28)(H,29,30). The molecule has 0 spiro atoms. The minimum Gasteiger partial charge on any atom is -0.478 e. The summed E-state index contributed by atoms with van der Waals surface area (Å²) >= 11 is 1.06. The van der Waals surface area contributed by atoms with Crippen LogP contribution in [-0.2, 0) is 0 Å². The van der Waals surface area contributed by atoms with E-state index in [0.29, 0.717) is 15.9 Å². The van der Waals surface area contributed by atoms with E-state index in [1.807, 2.05) is 0 Å². The lowest BCUT2D eigenvalue weighted by Gasteiger charge is -2.24. The van der Waals surface area contributed by atoms with Crippen LogP contribution in [-0.4, -0.2) is 41.0 Å². The van der Waals surface area contributed by atoms with E-state index in [1.165, 1.54) is 29.6 Å². The highest BCUT2D eigenvalue weighted by Crippen LogP contribution is 2.32. The van der Waals surface area contributed by atoms with Gasteiger partial charge in [-0.1, -0.05) is 0 Å². The van der Waals surface area contributed by atoms with Crippen molar-refractivity contribution >= 4 is 44.9 Å². The summed E-state index contributed by atoms with van der Waals surface area (Å²) in [5.74, 6) is -4.75. The van der Waals surface area contributed by atoms with Crippen LogP contribution in [0.4, 0.5) is 24.0 Å². The molecule has 31 heavy (non-hydrogen) atoms. The van der Waals surface area contributed by atoms with Crippen molar-refractivity contribution in [1.82, 2.24) is 4.98 Å². The number of pyridine rings is 1. The summed E-state index contributed by atoms with van der Waals surface area (Å²) in [7, 11) is 0. The van der Waals surface area contributed by atoms with Crippen molar-refractivity contribution < 1.29 is 27.9 Å². The zero-order valence-corrected chi connectivity index (χ0v) is 17.0. The molecule has 0 bridgehead atoms. The number of carbonyl (C=O) groups excluding carboxylic acids is 1. The Hall–Kier alpha value is -3.14. The Morgan fingerprint density at radius 3 is 2.71 bits per heavy atom. The summed E-state index contributed by atoms with van der Waals surface area (Å²) in [6.45, 7) is 0.287. The first-order valence-corrected chi connectivity index (χ1v) is 10.5. The molecule has 0 unspecified atom stereocenters. The number of carbonyl (C=O) groups is 2. The number of nitrogens with one attached hydrogen (secondary N) is 1. The fraction of sp³-hybridized carbons (Fsp3) is 0.286. The SMILES string of the molecule is O=C(O)c1csc(NC(=O)c2cc3ccc(F)cc3nc2N2CCCC(F)(F)CC2)c1. The molecule has 3 aromatic rings. The molecule has 1 saturated heterocycles. The van der Waals surface area contributed by atoms with E-state index in [1.54, 1.807) is 11.0 Å². The number of aromatic nitrogens is 1. The molecule has 3 heterocycles. The fourth-order valence-electron chi connectivity index (χ4n) is 3.51. The Morgan fingerprint density at radius 2 is 1.97 bits per heavy atom. The van der Waals surface area contributed by atoms with Gasteiger partial charge in [-0.3, -0.25) is 4.79 Å². The quantitative estimate of drug-likeness (QED) is 0.585. The van der Waals surface area contributed by atoms with Crippen molar-refractivity contribution in [3.8, 4) is 0 Å².